The van der Waals surface area contributed by atoms with E-state index in [1.807, 2.05) is 24.2 Å². The summed E-state index contributed by atoms with van der Waals surface area (Å²) in [4.78, 5) is 5.49. The average Bonchev–Trinajstić information content (AvgIpc) is 2.18. The molecule has 0 saturated heterocycles. The summed E-state index contributed by atoms with van der Waals surface area (Å²) >= 11 is 5.29. The predicted octanol–water partition coefficient (Wildman–Crippen LogP) is 4.11. The van der Waals surface area contributed by atoms with Crippen LogP contribution in [0.15, 0.2) is 40.0 Å². The van der Waals surface area contributed by atoms with Crippen LogP contribution in [0, 0.1) is 0 Å². The molecule has 1 nitrogen and oxygen atoms in total. The van der Waals surface area contributed by atoms with Crippen LogP contribution in [0.1, 0.15) is 6.92 Å². The van der Waals surface area contributed by atoms with E-state index in [1.165, 1.54) is 15.7 Å². The molecule has 0 bridgehead atoms. The van der Waals surface area contributed by atoms with Crippen molar-refractivity contribution in [3.63, 3.8) is 0 Å². The number of fused-ring (bicyclic) bond motifs is 1. The van der Waals surface area contributed by atoms with Crippen molar-refractivity contribution in [1.82, 2.24) is 4.98 Å². The standard InChI is InChI=1S/C11H10BrNS/c1-2-14-11-7-13-6-8-5-9(12)3-4-10(8)11/h3-7H,2H2,1H3. The van der Waals surface area contributed by atoms with Crippen LogP contribution in [0.4, 0.5) is 0 Å². The fraction of sp³-hybridized carbons (Fsp3) is 0.182. The van der Waals surface area contributed by atoms with Crippen molar-refractivity contribution in [2.75, 3.05) is 5.75 Å². The normalized spacial score (nSPS) is 10.7. The second kappa shape index (κ2) is 4.32. The average molecular weight is 268 g/mol. The van der Waals surface area contributed by atoms with Gasteiger partial charge in [-0.2, -0.15) is 0 Å². The minimum atomic E-state index is 1.08. The van der Waals surface area contributed by atoms with E-state index < -0.39 is 0 Å². The van der Waals surface area contributed by atoms with Gasteiger partial charge in [-0.3, -0.25) is 4.98 Å². The Bertz CT molecular complexity index is 456. The Hall–Kier alpha value is -0.540. The van der Waals surface area contributed by atoms with E-state index in [2.05, 4.69) is 46.0 Å². The van der Waals surface area contributed by atoms with E-state index in [9.17, 15) is 0 Å². The lowest BCUT2D eigenvalue weighted by molar-refractivity contribution is 1.28. The maximum Gasteiger partial charge on any atom is 0.0410 e. The molecule has 1 aromatic carbocycles. The molecule has 0 fully saturated rings. The van der Waals surface area contributed by atoms with Gasteiger partial charge in [0.25, 0.3) is 0 Å². The summed E-state index contributed by atoms with van der Waals surface area (Å²) in [5, 5.41) is 2.48. The zero-order valence-corrected chi connectivity index (χ0v) is 10.2. The summed E-state index contributed by atoms with van der Waals surface area (Å²) in [6.45, 7) is 2.16. The van der Waals surface area contributed by atoms with Gasteiger partial charge in [-0.05, 0) is 23.3 Å². The van der Waals surface area contributed by atoms with Crippen LogP contribution in [0.5, 0.6) is 0 Å². The summed E-state index contributed by atoms with van der Waals surface area (Å²) in [7, 11) is 0. The maximum absolute atomic E-state index is 4.23. The fourth-order valence-electron chi connectivity index (χ4n) is 1.39. The molecule has 1 heterocycles. The number of rotatable bonds is 2. The molecule has 0 N–H and O–H groups in total. The van der Waals surface area contributed by atoms with E-state index in [-0.39, 0.29) is 0 Å². The fourth-order valence-corrected chi connectivity index (χ4v) is 2.56. The molecule has 3 heteroatoms. The van der Waals surface area contributed by atoms with Crippen LogP contribution >= 0.6 is 27.7 Å². The van der Waals surface area contributed by atoms with Crippen molar-refractivity contribution < 1.29 is 0 Å². The lowest BCUT2D eigenvalue weighted by atomic mass is 10.2. The van der Waals surface area contributed by atoms with Crippen molar-refractivity contribution in [3.8, 4) is 0 Å². The summed E-state index contributed by atoms with van der Waals surface area (Å²) in [6.07, 6.45) is 3.84. The minimum Gasteiger partial charge on any atom is -0.263 e. The monoisotopic (exact) mass is 267 g/mol. The molecule has 2 aromatic rings. The Kier molecular flexibility index (Phi) is 3.08. The minimum absolute atomic E-state index is 1.08. The van der Waals surface area contributed by atoms with Gasteiger partial charge in [0, 0.05) is 27.1 Å². The Labute approximate surface area is 96.1 Å². The van der Waals surface area contributed by atoms with E-state index >= 15 is 0 Å². The second-order valence-corrected chi connectivity index (χ2v) is 5.16. The number of hydrogen-bond acceptors (Lipinski definition) is 2. The van der Waals surface area contributed by atoms with Gasteiger partial charge < -0.3 is 0 Å². The summed E-state index contributed by atoms with van der Waals surface area (Å²) in [5.41, 5.74) is 0. The van der Waals surface area contributed by atoms with Gasteiger partial charge in [0.05, 0.1) is 0 Å². The van der Waals surface area contributed by atoms with Crippen molar-refractivity contribution in [2.45, 2.75) is 11.8 Å². The van der Waals surface area contributed by atoms with E-state index in [0.29, 0.717) is 0 Å². The third-order valence-corrected chi connectivity index (χ3v) is 3.40. The summed E-state index contributed by atoms with van der Waals surface area (Å²) in [6, 6.07) is 6.31. The molecule has 1 aromatic heterocycles. The molecule has 14 heavy (non-hydrogen) atoms. The van der Waals surface area contributed by atoms with E-state index in [0.717, 1.165) is 10.2 Å². The highest BCUT2D eigenvalue weighted by Crippen LogP contribution is 2.28. The molecule has 0 spiro atoms. The number of nitrogens with zero attached hydrogens (tertiary/aromatic N) is 1. The second-order valence-electron chi connectivity index (χ2n) is 2.94. The molecule has 0 radical (unpaired) electrons. The molecule has 0 amide bonds. The van der Waals surface area contributed by atoms with Crippen LogP contribution in [0.2, 0.25) is 0 Å². The summed E-state index contributed by atoms with van der Waals surface area (Å²) in [5.74, 6) is 1.08. The highest BCUT2D eigenvalue weighted by atomic mass is 79.9. The molecule has 0 unspecified atom stereocenters. The third kappa shape index (κ3) is 1.93. The smallest absolute Gasteiger partial charge is 0.0410 e. The molecule has 0 aliphatic heterocycles. The first kappa shape index (κ1) is 9.99. The largest absolute Gasteiger partial charge is 0.263 e. The predicted molar refractivity (Wildman–Crippen MR) is 65.8 cm³/mol. The lowest BCUT2D eigenvalue weighted by Gasteiger charge is -2.03. The molecule has 0 aliphatic rings. The zero-order chi connectivity index (χ0) is 9.97. The highest BCUT2D eigenvalue weighted by molar-refractivity contribution is 9.10. The van der Waals surface area contributed by atoms with Gasteiger partial charge in [-0.1, -0.05) is 28.9 Å². The number of hydrogen-bond donors (Lipinski definition) is 0. The lowest BCUT2D eigenvalue weighted by Crippen LogP contribution is -1.81. The van der Waals surface area contributed by atoms with Crippen LogP contribution in [0.3, 0.4) is 0 Å². The number of halogens is 1. The van der Waals surface area contributed by atoms with Crippen LogP contribution in [-0.4, -0.2) is 10.7 Å². The van der Waals surface area contributed by atoms with Crippen LogP contribution < -0.4 is 0 Å². The summed E-state index contributed by atoms with van der Waals surface area (Å²) < 4.78 is 1.10. The SMILES string of the molecule is CCSc1cncc2cc(Br)ccc12. The number of thioether (sulfide) groups is 1. The van der Waals surface area contributed by atoms with Gasteiger partial charge in [0.15, 0.2) is 0 Å². The Balaban J connectivity index is 2.62. The first-order valence-corrected chi connectivity index (χ1v) is 6.25. The molecule has 0 aliphatic carbocycles. The Morgan fingerprint density at radius 2 is 2.21 bits per heavy atom. The van der Waals surface area contributed by atoms with Crippen molar-refractivity contribution in [3.05, 3.63) is 35.1 Å². The first-order chi connectivity index (χ1) is 6.81. The molecule has 2 rings (SSSR count). The van der Waals surface area contributed by atoms with E-state index in [1.54, 1.807) is 0 Å². The van der Waals surface area contributed by atoms with Gasteiger partial charge in [0.1, 0.15) is 0 Å². The highest BCUT2D eigenvalue weighted by Gasteiger charge is 2.01. The molecule has 0 atom stereocenters. The number of pyridine rings is 1. The molecular weight excluding hydrogens is 258 g/mol. The molecular formula is C11H10BrNS. The quantitative estimate of drug-likeness (QED) is 0.760. The number of benzene rings is 1. The van der Waals surface area contributed by atoms with Crippen molar-refractivity contribution >= 4 is 38.5 Å². The van der Waals surface area contributed by atoms with Gasteiger partial charge in [-0.15, -0.1) is 11.8 Å². The zero-order valence-electron chi connectivity index (χ0n) is 7.83. The molecule has 72 valence electrons. The topological polar surface area (TPSA) is 12.9 Å². The molecule has 0 saturated carbocycles. The number of aromatic nitrogens is 1. The first-order valence-electron chi connectivity index (χ1n) is 4.47. The van der Waals surface area contributed by atoms with Crippen LogP contribution in [0.25, 0.3) is 10.8 Å². The van der Waals surface area contributed by atoms with Gasteiger partial charge in [0.2, 0.25) is 0 Å². The third-order valence-electron chi connectivity index (χ3n) is 1.98. The Morgan fingerprint density at radius 1 is 1.36 bits per heavy atom. The van der Waals surface area contributed by atoms with E-state index in [4.69, 9.17) is 0 Å². The van der Waals surface area contributed by atoms with Crippen molar-refractivity contribution in [2.24, 2.45) is 0 Å². The Morgan fingerprint density at radius 3 is 3.00 bits per heavy atom. The van der Waals surface area contributed by atoms with Gasteiger partial charge >= 0.3 is 0 Å². The van der Waals surface area contributed by atoms with Gasteiger partial charge in [-0.25, -0.2) is 0 Å². The van der Waals surface area contributed by atoms with Crippen molar-refractivity contribution in [1.29, 1.82) is 0 Å². The van der Waals surface area contributed by atoms with Crippen LogP contribution in [-0.2, 0) is 0 Å². The maximum atomic E-state index is 4.23.